The molecule has 0 fully saturated rings. The van der Waals surface area contributed by atoms with E-state index in [0.29, 0.717) is 11.3 Å². The summed E-state index contributed by atoms with van der Waals surface area (Å²) in [6.45, 7) is 1.98. The number of nitrogens with zero attached hydrogens (tertiary/aromatic N) is 2. The van der Waals surface area contributed by atoms with E-state index in [0.717, 1.165) is 5.56 Å². The number of carbonyl (C=O) groups excluding carboxylic acids is 1. The summed E-state index contributed by atoms with van der Waals surface area (Å²) in [6.07, 6.45) is 1.45. The molecule has 1 aromatic heterocycles. The Morgan fingerprint density at radius 1 is 1.44 bits per heavy atom. The second-order valence-electron chi connectivity index (χ2n) is 3.44. The van der Waals surface area contributed by atoms with E-state index in [-0.39, 0.29) is 12.5 Å². The Kier molecular flexibility index (Phi) is 3.39. The average molecular weight is 242 g/mol. The Hall–Kier alpha value is -2.61. The molecule has 2 rings (SSSR count). The van der Waals surface area contributed by atoms with Crippen molar-refractivity contribution >= 4 is 5.97 Å². The van der Waals surface area contributed by atoms with Crippen LogP contribution in [0.5, 0.6) is 0 Å². The lowest BCUT2D eigenvalue weighted by Gasteiger charge is -1.97. The summed E-state index contributed by atoms with van der Waals surface area (Å²) < 4.78 is 10.1. The van der Waals surface area contributed by atoms with Crippen molar-refractivity contribution in [1.82, 2.24) is 4.98 Å². The van der Waals surface area contributed by atoms with Crippen LogP contribution in [0.25, 0.3) is 11.3 Å². The third kappa shape index (κ3) is 2.38. The van der Waals surface area contributed by atoms with Crippen LogP contribution in [0, 0.1) is 11.3 Å². The molecule has 0 N–H and O–H groups in total. The Labute approximate surface area is 104 Å². The van der Waals surface area contributed by atoms with Crippen LogP contribution in [0.3, 0.4) is 0 Å². The monoisotopic (exact) mass is 242 g/mol. The predicted octanol–water partition coefficient (Wildman–Crippen LogP) is 2.39. The summed E-state index contributed by atoms with van der Waals surface area (Å²) in [6, 6.07) is 8.82. The highest BCUT2D eigenvalue weighted by molar-refractivity contribution is 5.84. The van der Waals surface area contributed by atoms with Gasteiger partial charge in [-0.3, -0.25) is 0 Å². The molecule has 0 saturated carbocycles. The lowest BCUT2D eigenvalue weighted by molar-refractivity contribution is 0.0482. The number of aromatic nitrogens is 1. The lowest BCUT2D eigenvalue weighted by atomic mass is 10.1. The lowest BCUT2D eigenvalue weighted by Crippen LogP contribution is -2.04. The predicted molar refractivity (Wildman–Crippen MR) is 62.6 cm³/mol. The van der Waals surface area contributed by atoms with Crippen LogP contribution in [0.2, 0.25) is 0 Å². The molecule has 0 amide bonds. The topological polar surface area (TPSA) is 76.1 Å². The number of hydrogen-bond donors (Lipinski definition) is 0. The molecule has 0 spiro atoms. The summed E-state index contributed by atoms with van der Waals surface area (Å²) in [5.74, 6) is -0.198. The Balaban J connectivity index is 2.24. The van der Waals surface area contributed by atoms with E-state index in [4.69, 9.17) is 14.4 Å². The first-order valence-corrected chi connectivity index (χ1v) is 5.38. The summed E-state index contributed by atoms with van der Waals surface area (Å²) in [7, 11) is 0. The second kappa shape index (κ2) is 5.15. The molecule has 1 heterocycles. The van der Waals surface area contributed by atoms with Crippen LogP contribution in [0.1, 0.15) is 23.2 Å². The van der Waals surface area contributed by atoms with Crippen molar-refractivity contribution in [3.8, 4) is 17.4 Å². The number of oxazole rings is 1. The van der Waals surface area contributed by atoms with Crippen LogP contribution in [0.4, 0.5) is 0 Å². The summed E-state index contributed by atoms with van der Waals surface area (Å²) >= 11 is 0. The minimum Gasteiger partial charge on any atom is -0.459 e. The van der Waals surface area contributed by atoms with E-state index in [1.807, 2.05) is 6.07 Å². The summed E-state index contributed by atoms with van der Waals surface area (Å²) in [5.41, 5.74) is 1.31. The Bertz CT molecular complexity index is 593. The van der Waals surface area contributed by atoms with Gasteiger partial charge in [0.05, 0.1) is 24.4 Å². The number of hydrogen-bond acceptors (Lipinski definition) is 5. The molecule has 1 aromatic carbocycles. The van der Waals surface area contributed by atoms with Gasteiger partial charge < -0.3 is 9.15 Å². The molecule has 90 valence electrons. The minimum atomic E-state index is -0.586. The van der Waals surface area contributed by atoms with Gasteiger partial charge in [-0.2, -0.15) is 5.26 Å². The molecule has 0 unspecified atom stereocenters. The first-order chi connectivity index (χ1) is 8.74. The molecule has 0 radical (unpaired) electrons. The van der Waals surface area contributed by atoms with Crippen LogP contribution in [-0.2, 0) is 4.74 Å². The highest BCUT2D eigenvalue weighted by Crippen LogP contribution is 2.21. The minimum absolute atomic E-state index is 0.0730. The molecule has 0 aliphatic carbocycles. The number of rotatable bonds is 3. The maximum Gasteiger partial charge on any atom is 0.394 e. The fourth-order valence-corrected chi connectivity index (χ4v) is 1.40. The quantitative estimate of drug-likeness (QED) is 0.772. The summed E-state index contributed by atoms with van der Waals surface area (Å²) in [4.78, 5) is 15.2. The van der Waals surface area contributed by atoms with Crippen LogP contribution in [0.15, 0.2) is 34.9 Å². The summed E-state index contributed by atoms with van der Waals surface area (Å²) in [5, 5.41) is 8.69. The van der Waals surface area contributed by atoms with Gasteiger partial charge in [0.1, 0.15) is 0 Å². The van der Waals surface area contributed by atoms with Gasteiger partial charge in [0.2, 0.25) is 0 Å². The van der Waals surface area contributed by atoms with Crippen LogP contribution >= 0.6 is 0 Å². The molecule has 0 aliphatic heterocycles. The smallest absolute Gasteiger partial charge is 0.394 e. The number of benzene rings is 1. The van der Waals surface area contributed by atoms with Gasteiger partial charge >= 0.3 is 11.9 Å². The zero-order chi connectivity index (χ0) is 13.0. The van der Waals surface area contributed by atoms with Crippen molar-refractivity contribution in [3.05, 3.63) is 41.9 Å². The van der Waals surface area contributed by atoms with E-state index in [9.17, 15) is 4.79 Å². The van der Waals surface area contributed by atoms with Crippen molar-refractivity contribution in [2.75, 3.05) is 6.61 Å². The second-order valence-corrected chi connectivity index (χ2v) is 3.44. The molecule has 0 saturated heterocycles. The third-order valence-electron chi connectivity index (χ3n) is 2.25. The number of ether oxygens (including phenoxy) is 1. The zero-order valence-corrected chi connectivity index (χ0v) is 9.71. The first kappa shape index (κ1) is 11.9. The number of carbonyl (C=O) groups is 1. The largest absolute Gasteiger partial charge is 0.459 e. The van der Waals surface area contributed by atoms with Crippen molar-refractivity contribution in [1.29, 1.82) is 5.26 Å². The molecule has 0 atom stereocenters. The molecular weight excluding hydrogens is 232 g/mol. The van der Waals surface area contributed by atoms with Crippen LogP contribution in [-0.4, -0.2) is 17.6 Å². The average Bonchev–Trinajstić information content (AvgIpc) is 2.89. The molecule has 0 bridgehead atoms. The maximum absolute atomic E-state index is 11.4. The molecule has 18 heavy (non-hydrogen) atoms. The fourth-order valence-electron chi connectivity index (χ4n) is 1.40. The van der Waals surface area contributed by atoms with E-state index in [1.54, 1.807) is 31.2 Å². The normalized spacial score (nSPS) is 9.78. The van der Waals surface area contributed by atoms with Gasteiger partial charge in [-0.1, -0.05) is 0 Å². The molecular formula is C13H10N2O3. The van der Waals surface area contributed by atoms with E-state index >= 15 is 0 Å². The van der Waals surface area contributed by atoms with Crippen molar-refractivity contribution < 1.29 is 13.9 Å². The van der Waals surface area contributed by atoms with Gasteiger partial charge in [0.25, 0.3) is 0 Å². The van der Waals surface area contributed by atoms with Crippen molar-refractivity contribution in [2.45, 2.75) is 6.92 Å². The van der Waals surface area contributed by atoms with Gasteiger partial charge in [0.15, 0.2) is 5.76 Å². The Morgan fingerprint density at radius 3 is 2.78 bits per heavy atom. The highest BCUT2D eigenvalue weighted by atomic mass is 16.5. The number of esters is 1. The molecule has 5 heteroatoms. The van der Waals surface area contributed by atoms with E-state index < -0.39 is 5.97 Å². The molecule has 5 nitrogen and oxygen atoms in total. The molecule has 0 aliphatic rings. The Morgan fingerprint density at radius 2 is 2.17 bits per heavy atom. The standard InChI is InChI=1S/C13H10N2O3/c1-2-17-13(16)12-15-8-11(18-12)10-5-3-9(7-14)4-6-10/h3-6,8H,2H2,1H3. The molecule has 2 aromatic rings. The highest BCUT2D eigenvalue weighted by Gasteiger charge is 2.14. The zero-order valence-electron chi connectivity index (χ0n) is 9.71. The van der Waals surface area contributed by atoms with Crippen molar-refractivity contribution in [3.63, 3.8) is 0 Å². The van der Waals surface area contributed by atoms with E-state index in [1.165, 1.54) is 6.20 Å². The van der Waals surface area contributed by atoms with Gasteiger partial charge in [-0.05, 0) is 31.2 Å². The SMILES string of the molecule is CCOC(=O)c1ncc(-c2ccc(C#N)cc2)o1. The number of nitriles is 1. The van der Waals surface area contributed by atoms with Gasteiger partial charge in [0, 0.05) is 5.56 Å². The van der Waals surface area contributed by atoms with Crippen LogP contribution < -0.4 is 0 Å². The van der Waals surface area contributed by atoms with E-state index in [2.05, 4.69) is 4.98 Å². The van der Waals surface area contributed by atoms with Crippen molar-refractivity contribution in [2.24, 2.45) is 0 Å². The van der Waals surface area contributed by atoms with Gasteiger partial charge in [-0.25, -0.2) is 9.78 Å². The first-order valence-electron chi connectivity index (χ1n) is 5.38. The fraction of sp³-hybridized carbons (Fsp3) is 0.154. The van der Waals surface area contributed by atoms with Gasteiger partial charge in [-0.15, -0.1) is 0 Å². The maximum atomic E-state index is 11.4. The third-order valence-corrected chi connectivity index (χ3v) is 2.25.